The molecule has 5 heteroatoms. The van der Waals surface area contributed by atoms with Crippen molar-refractivity contribution < 1.29 is 14.4 Å². The van der Waals surface area contributed by atoms with Gasteiger partial charge < -0.3 is 10.6 Å². The van der Waals surface area contributed by atoms with Crippen LogP contribution in [0.3, 0.4) is 0 Å². The predicted molar refractivity (Wildman–Crippen MR) is 104 cm³/mol. The number of hydrogen-bond donors (Lipinski definition) is 1. The zero-order chi connectivity index (χ0) is 19.2. The summed E-state index contributed by atoms with van der Waals surface area (Å²) < 4.78 is 0. The maximum Gasteiger partial charge on any atom is 0.139 e. The Bertz CT molecular complexity index is 660. The second-order valence-corrected chi connectivity index (χ2v) is 9.86. The van der Waals surface area contributed by atoms with Crippen molar-refractivity contribution >= 4 is 17.3 Å². The number of carbonyl (C=O) groups is 2. The number of nitrogens with zero attached hydrogens (tertiary/aromatic N) is 1. The maximum absolute atomic E-state index is 13.2. The van der Waals surface area contributed by atoms with Gasteiger partial charge in [-0.25, -0.2) is 0 Å². The van der Waals surface area contributed by atoms with Crippen molar-refractivity contribution in [1.29, 1.82) is 0 Å². The van der Waals surface area contributed by atoms with E-state index in [0.29, 0.717) is 48.9 Å². The van der Waals surface area contributed by atoms with Gasteiger partial charge in [-0.1, -0.05) is 19.0 Å². The van der Waals surface area contributed by atoms with Crippen LogP contribution in [0.2, 0.25) is 0 Å². The van der Waals surface area contributed by atoms with Gasteiger partial charge in [-0.3, -0.25) is 9.59 Å². The first-order valence-electron chi connectivity index (χ1n) is 10.8. The van der Waals surface area contributed by atoms with Gasteiger partial charge in [0.05, 0.1) is 5.71 Å². The molecule has 0 amide bonds. The quantitative estimate of drug-likeness (QED) is 0.603. The molecule has 5 nitrogen and oxygen atoms in total. The summed E-state index contributed by atoms with van der Waals surface area (Å²) in [7, 11) is 0. The molecule has 0 unspecified atom stereocenters. The second-order valence-electron chi connectivity index (χ2n) is 9.86. The number of hydrogen-bond acceptors (Lipinski definition) is 5. The number of fused-ring (bicyclic) bond motifs is 5. The Morgan fingerprint density at radius 1 is 1.11 bits per heavy atom. The minimum Gasteiger partial charge on any atom is -0.396 e. The van der Waals surface area contributed by atoms with Crippen LogP contribution in [-0.4, -0.2) is 30.4 Å². The van der Waals surface area contributed by atoms with Crippen molar-refractivity contribution in [3.63, 3.8) is 0 Å². The molecular formula is C22H34N2O3. The molecule has 4 aliphatic carbocycles. The summed E-state index contributed by atoms with van der Waals surface area (Å²) in [6.07, 6.45) is 7.98. The molecule has 0 spiro atoms. The van der Waals surface area contributed by atoms with E-state index in [1.807, 2.05) is 0 Å². The molecule has 0 radical (unpaired) electrons. The van der Waals surface area contributed by atoms with Gasteiger partial charge in [0.2, 0.25) is 0 Å². The number of ketones is 2. The fourth-order valence-electron chi connectivity index (χ4n) is 6.99. The van der Waals surface area contributed by atoms with Gasteiger partial charge in [-0.15, -0.1) is 0 Å². The van der Waals surface area contributed by atoms with E-state index in [1.54, 1.807) is 0 Å². The number of Topliss-reactive ketones (excluding diaryl/α,β-unsaturated/α-hetero) is 2. The Hall–Kier alpha value is -1.23. The van der Waals surface area contributed by atoms with Crippen LogP contribution < -0.4 is 5.73 Å². The summed E-state index contributed by atoms with van der Waals surface area (Å²) in [5, 5.41) is 4.32. The SMILES string of the molecule is C[C@]12CC/C(=N\OCCCN)C[C@H]1C(=O)C[C@@H]1[C@@H]2CC[C@]2(C)C(=O)CC[C@@H]12. The molecule has 27 heavy (non-hydrogen) atoms. The summed E-state index contributed by atoms with van der Waals surface area (Å²) >= 11 is 0. The monoisotopic (exact) mass is 374 g/mol. The minimum atomic E-state index is -0.164. The summed E-state index contributed by atoms with van der Waals surface area (Å²) in [5.74, 6) is 2.31. The molecule has 0 saturated heterocycles. The fourth-order valence-corrected chi connectivity index (χ4v) is 6.99. The Kier molecular flexibility index (Phi) is 4.94. The Morgan fingerprint density at radius 3 is 2.70 bits per heavy atom. The zero-order valence-corrected chi connectivity index (χ0v) is 16.8. The van der Waals surface area contributed by atoms with Gasteiger partial charge in [0.25, 0.3) is 0 Å². The summed E-state index contributed by atoms with van der Waals surface area (Å²) in [6, 6.07) is 0. The number of nitrogens with two attached hydrogens (primary N) is 1. The molecule has 0 aromatic rings. The molecule has 150 valence electrons. The highest BCUT2D eigenvalue weighted by atomic mass is 16.6. The van der Waals surface area contributed by atoms with Crippen LogP contribution in [0.4, 0.5) is 0 Å². The summed E-state index contributed by atoms with van der Waals surface area (Å²) in [6.45, 7) is 5.68. The molecular weight excluding hydrogens is 340 g/mol. The molecule has 0 aromatic heterocycles. The summed E-state index contributed by atoms with van der Waals surface area (Å²) in [5.41, 5.74) is 6.43. The molecule has 0 aromatic carbocycles. The lowest BCUT2D eigenvalue weighted by Gasteiger charge is -2.58. The topological polar surface area (TPSA) is 81.8 Å². The lowest BCUT2D eigenvalue weighted by atomic mass is 9.45. The van der Waals surface area contributed by atoms with Gasteiger partial charge in [0, 0.05) is 24.2 Å². The highest BCUT2D eigenvalue weighted by Crippen LogP contribution is 2.64. The third-order valence-corrected chi connectivity index (χ3v) is 8.64. The van der Waals surface area contributed by atoms with E-state index in [0.717, 1.165) is 57.1 Å². The molecule has 0 heterocycles. The zero-order valence-electron chi connectivity index (χ0n) is 16.8. The van der Waals surface area contributed by atoms with E-state index in [1.165, 1.54) is 0 Å². The average Bonchev–Trinajstić information content (AvgIpc) is 2.95. The van der Waals surface area contributed by atoms with E-state index in [9.17, 15) is 9.59 Å². The number of carbonyl (C=O) groups excluding carboxylic acids is 2. The lowest BCUT2D eigenvalue weighted by Crippen LogP contribution is -2.56. The maximum atomic E-state index is 13.2. The van der Waals surface area contributed by atoms with Gasteiger partial charge in [-0.2, -0.15) is 0 Å². The third kappa shape index (κ3) is 2.97. The molecule has 4 fully saturated rings. The Labute approximate surface area is 162 Å². The first-order valence-corrected chi connectivity index (χ1v) is 10.8. The van der Waals surface area contributed by atoms with Crippen LogP contribution in [-0.2, 0) is 14.4 Å². The van der Waals surface area contributed by atoms with E-state index >= 15 is 0 Å². The Morgan fingerprint density at radius 2 is 1.93 bits per heavy atom. The van der Waals surface area contributed by atoms with Crippen molar-refractivity contribution in [2.75, 3.05) is 13.2 Å². The van der Waals surface area contributed by atoms with E-state index in [2.05, 4.69) is 19.0 Å². The second kappa shape index (κ2) is 6.98. The largest absolute Gasteiger partial charge is 0.396 e. The van der Waals surface area contributed by atoms with Crippen molar-refractivity contribution in [2.45, 2.75) is 71.6 Å². The van der Waals surface area contributed by atoms with E-state index in [4.69, 9.17) is 10.6 Å². The Balaban J connectivity index is 1.52. The minimum absolute atomic E-state index is 0.0588. The molecule has 6 atom stereocenters. The van der Waals surface area contributed by atoms with Crippen LogP contribution in [0.25, 0.3) is 0 Å². The van der Waals surface area contributed by atoms with Gasteiger partial charge in [-0.05, 0) is 74.7 Å². The van der Waals surface area contributed by atoms with Gasteiger partial charge in [0.1, 0.15) is 18.2 Å². The normalized spacial score (nSPS) is 45.4. The highest BCUT2D eigenvalue weighted by Gasteiger charge is 2.62. The van der Waals surface area contributed by atoms with Crippen LogP contribution >= 0.6 is 0 Å². The molecule has 2 N–H and O–H groups in total. The molecule has 0 aliphatic heterocycles. The van der Waals surface area contributed by atoms with Crippen molar-refractivity contribution in [3.8, 4) is 0 Å². The smallest absolute Gasteiger partial charge is 0.139 e. The lowest BCUT2D eigenvalue weighted by molar-refractivity contribution is -0.152. The van der Waals surface area contributed by atoms with Gasteiger partial charge in [0.15, 0.2) is 0 Å². The van der Waals surface area contributed by atoms with E-state index < -0.39 is 0 Å². The number of oxime groups is 1. The standard InChI is InChI=1S/C22H34N2O3/c1-21-8-6-14(24-27-11-3-10-23)12-18(21)19(25)13-15-16-4-5-20(26)22(16,2)9-7-17(15)21/h15-18H,3-13,23H2,1-2H3/b24-14+/t15-,16-,17-,18-,21+,22-/m0/s1. The van der Waals surface area contributed by atoms with Gasteiger partial charge >= 0.3 is 0 Å². The summed E-state index contributed by atoms with van der Waals surface area (Å²) in [4.78, 5) is 31.1. The van der Waals surface area contributed by atoms with Crippen LogP contribution in [0.5, 0.6) is 0 Å². The van der Waals surface area contributed by atoms with Crippen LogP contribution in [0, 0.1) is 34.5 Å². The first-order chi connectivity index (χ1) is 12.9. The molecule has 0 bridgehead atoms. The molecule has 4 aliphatic rings. The predicted octanol–water partition coefficient (Wildman–Crippen LogP) is 3.50. The van der Waals surface area contributed by atoms with E-state index in [-0.39, 0.29) is 16.7 Å². The average molecular weight is 375 g/mol. The third-order valence-electron chi connectivity index (χ3n) is 8.64. The van der Waals surface area contributed by atoms with Crippen molar-refractivity contribution in [2.24, 2.45) is 45.4 Å². The fraction of sp³-hybridized carbons (Fsp3) is 0.864. The van der Waals surface area contributed by atoms with Crippen molar-refractivity contribution in [3.05, 3.63) is 0 Å². The number of rotatable bonds is 4. The first kappa shape index (κ1) is 19.1. The van der Waals surface area contributed by atoms with Crippen LogP contribution in [0.15, 0.2) is 5.16 Å². The van der Waals surface area contributed by atoms with Crippen molar-refractivity contribution in [1.82, 2.24) is 0 Å². The van der Waals surface area contributed by atoms with Crippen LogP contribution in [0.1, 0.15) is 71.6 Å². The molecule has 4 saturated carbocycles. The highest BCUT2D eigenvalue weighted by molar-refractivity contribution is 5.93. The molecule has 4 rings (SSSR count).